The molecule has 0 radical (unpaired) electrons. The van der Waals surface area contributed by atoms with Gasteiger partial charge in [0.2, 0.25) is 0 Å². The maximum Gasteiger partial charge on any atom is 0.339 e. The van der Waals surface area contributed by atoms with Gasteiger partial charge in [0.15, 0.2) is 0 Å². The van der Waals surface area contributed by atoms with Gasteiger partial charge in [-0.15, -0.1) is 6.42 Å². The quantitative estimate of drug-likeness (QED) is 0.429. The summed E-state index contributed by atoms with van der Waals surface area (Å²) < 4.78 is 16.8. The minimum absolute atomic E-state index is 0.115. The van der Waals surface area contributed by atoms with E-state index in [4.69, 9.17) is 20.9 Å². The van der Waals surface area contributed by atoms with Crippen LogP contribution in [0.2, 0.25) is 0 Å². The van der Waals surface area contributed by atoms with Gasteiger partial charge in [-0.05, 0) is 30.3 Å². The summed E-state index contributed by atoms with van der Waals surface area (Å²) in [6.45, 7) is 1.28. The minimum Gasteiger partial charge on any atom is -0.489 e. The highest BCUT2D eigenvalue weighted by molar-refractivity contribution is 7.51. The fourth-order valence-electron chi connectivity index (χ4n) is 2.66. The standard InChI is InChI=1S/C20H25N2O4P/c1-3-13-22(2)20(14-21-16-27(23,24)25)18-9-11-19(12-10-18)26-15-17-7-5-4-6-8-17/h1,4-12,20-21H,13-16H2,2H3,(H2,23,24,25). The summed E-state index contributed by atoms with van der Waals surface area (Å²) in [6, 6.07) is 17.5. The van der Waals surface area contributed by atoms with Crippen molar-refractivity contribution in [3.63, 3.8) is 0 Å². The Bertz CT molecular complexity index is 784. The summed E-state index contributed by atoms with van der Waals surface area (Å²) in [5, 5.41) is 2.82. The van der Waals surface area contributed by atoms with Crippen LogP contribution in [0.5, 0.6) is 5.75 Å². The van der Waals surface area contributed by atoms with Gasteiger partial charge in [0, 0.05) is 12.6 Å². The van der Waals surface area contributed by atoms with Crippen molar-refractivity contribution in [3.05, 3.63) is 65.7 Å². The van der Waals surface area contributed by atoms with Crippen molar-refractivity contribution in [2.45, 2.75) is 12.6 Å². The molecule has 0 saturated carbocycles. The average molecular weight is 388 g/mol. The Hall–Kier alpha value is -2.13. The predicted molar refractivity (Wildman–Crippen MR) is 106 cm³/mol. The van der Waals surface area contributed by atoms with Gasteiger partial charge >= 0.3 is 7.60 Å². The normalized spacial score (nSPS) is 12.6. The van der Waals surface area contributed by atoms with Crippen LogP contribution in [0.15, 0.2) is 54.6 Å². The second-order valence-corrected chi connectivity index (χ2v) is 7.90. The number of rotatable bonds is 10. The van der Waals surface area contributed by atoms with E-state index in [2.05, 4.69) is 11.2 Å². The van der Waals surface area contributed by atoms with Crippen molar-refractivity contribution in [2.75, 3.05) is 26.4 Å². The number of likely N-dealkylation sites (N-methyl/N-ethyl adjacent to an activating group) is 1. The van der Waals surface area contributed by atoms with Crippen molar-refractivity contribution < 1.29 is 19.1 Å². The molecule has 2 aromatic rings. The van der Waals surface area contributed by atoms with Crippen LogP contribution < -0.4 is 10.1 Å². The summed E-state index contributed by atoms with van der Waals surface area (Å²) in [5.41, 5.74) is 2.08. The van der Waals surface area contributed by atoms with Crippen LogP contribution in [0.1, 0.15) is 17.2 Å². The van der Waals surface area contributed by atoms with Crippen LogP contribution in [0, 0.1) is 12.3 Å². The Morgan fingerprint density at radius 2 is 1.85 bits per heavy atom. The molecule has 1 unspecified atom stereocenters. The molecular formula is C20H25N2O4P. The van der Waals surface area contributed by atoms with Crippen LogP contribution in [-0.4, -0.2) is 41.1 Å². The van der Waals surface area contributed by atoms with Gasteiger partial charge < -0.3 is 19.8 Å². The van der Waals surface area contributed by atoms with Crippen LogP contribution in [0.25, 0.3) is 0 Å². The molecule has 0 spiro atoms. The van der Waals surface area contributed by atoms with E-state index in [0.29, 0.717) is 19.7 Å². The van der Waals surface area contributed by atoms with E-state index in [1.54, 1.807) is 0 Å². The van der Waals surface area contributed by atoms with Crippen LogP contribution in [0.3, 0.4) is 0 Å². The van der Waals surface area contributed by atoms with Gasteiger partial charge in [-0.3, -0.25) is 9.46 Å². The molecule has 0 aromatic heterocycles. The van der Waals surface area contributed by atoms with Crippen molar-refractivity contribution in [3.8, 4) is 18.1 Å². The molecule has 0 fully saturated rings. The highest BCUT2D eigenvalue weighted by atomic mass is 31.2. The van der Waals surface area contributed by atoms with E-state index in [0.717, 1.165) is 16.9 Å². The molecule has 3 N–H and O–H groups in total. The minimum atomic E-state index is -4.10. The third-order valence-corrected chi connectivity index (χ3v) is 4.68. The van der Waals surface area contributed by atoms with Crippen LogP contribution in [-0.2, 0) is 11.2 Å². The van der Waals surface area contributed by atoms with Crippen molar-refractivity contribution >= 4 is 7.60 Å². The third-order valence-electron chi connectivity index (χ3n) is 4.04. The molecule has 0 heterocycles. The number of hydrogen-bond acceptors (Lipinski definition) is 4. The highest BCUT2D eigenvalue weighted by Crippen LogP contribution is 2.32. The highest BCUT2D eigenvalue weighted by Gasteiger charge is 2.19. The smallest absolute Gasteiger partial charge is 0.339 e. The van der Waals surface area contributed by atoms with Gasteiger partial charge in [-0.2, -0.15) is 0 Å². The molecule has 0 aliphatic carbocycles. The molecule has 27 heavy (non-hydrogen) atoms. The van der Waals surface area contributed by atoms with Gasteiger partial charge in [0.25, 0.3) is 0 Å². The van der Waals surface area contributed by atoms with E-state index in [1.807, 2.05) is 66.5 Å². The van der Waals surface area contributed by atoms with E-state index in [1.165, 1.54) is 0 Å². The lowest BCUT2D eigenvalue weighted by Gasteiger charge is -2.27. The number of hydrogen-bond donors (Lipinski definition) is 3. The Balaban J connectivity index is 2.01. The maximum absolute atomic E-state index is 11.0. The lowest BCUT2D eigenvalue weighted by Crippen LogP contribution is -2.34. The Kier molecular flexibility index (Phi) is 8.05. The van der Waals surface area contributed by atoms with Crippen LogP contribution in [0.4, 0.5) is 0 Å². The Labute approximate surface area is 160 Å². The number of ether oxygens (including phenoxy) is 1. The molecule has 2 aromatic carbocycles. The van der Waals surface area contributed by atoms with E-state index in [-0.39, 0.29) is 12.3 Å². The first-order valence-corrected chi connectivity index (χ1v) is 10.3. The molecule has 0 saturated heterocycles. The fourth-order valence-corrected chi connectivity index (χ4v) is 3.08. The monoisotopic (exact) mass is 388 g/mol. The lowest BCUT2D eigenvalue weighted by molar-refractivity contribution is 0.265. The summed E-state index contributed by atoms with van der Waals surface area (Å²) in [6.07, 6.45) is 5.04. The van der Waals surface area contributed by atoms with Gasteiger partial charge in [-0.25, -0.2) is 0 Å². The molecule has 2 rings (SSSR count). The largest absolute Gasteiger partial charge is 0.489 e. The fraction of sp³-hybridized carbons (Fsp3) is 0.300. The molecule has 0 aliphatic rings. The predicted octanol–water partition coefficient (Wildman–Crippen LogP) is 2.60. The number of terminal acetylenes is 1. The molecule has 1 atom stereocenters. The zero-order chi connectivity index (χ0) is 19.7. The molecule has 6 nitrogen and oxygen atoms in total. The van der Waals surface area contributed by atoms with Crippen molar-refractivity contribution in [2.24, 2.45) is 0 Å². The SMILES string of the molecule is C#CCN(C)C(CNCP(=O)(O)O)c1ccc(OCc2ccccc2)cc1. The topological polar surface area (TPSA) is 82.0 Å². The number of nitrogens with one attached hydrogen (secondary N) is 1. The van der Waals surface area contributed by atoms with E-state index >= 15 is 0 Å². The molecule has 7 heteroatoms. The molecule has 0 bridgehead atoms. The number of benzene rings is 2. The lowest BCUT2D eigenvalue weighted by atomic mass is 10.1. The van der Waals surface area contributed by atoms with Crippen molar-refractivity contribution in [1.29, 1.82) is 0 Å². The van der Waals surface area contributed by atoms with Crippen molar-refractivity contribution in [1.82, 2.24) is 10.2 Å². The molecule has 0 aliphatic heterocycles. The number of nitrogens with zero attached hydrogens (tertiary/aromatic N) is 1. The Morgan fingerprint density at radius 1 is 1.19 bits per heavy atom. The zero-order valence-corrected chi connectivity index (χ0v) is 16.2. The first kappa shape index (κ1) is 21.2. The van der Waals surface area contributed by atoms with Gasteiger partial charge in [0.05, 0.1) is 12.8 Å². The third kappa shape index (κ3) is 7.56. The average Bonchev–Trinajstić information content (AvgIpc) is 2.64. The first-order chi connectivity index (χ1) is 12.9. The zero-order valence-electron chi connectivity index (χ0n) is 15.3. The van der Waals surface area contributed by atoms with Gasteiger partial charge in [0.1, 0.15) is 12.4 Å². The first-order valence-electron chi connectivity index (χ1n) is 8.55. The summed E-state index contributed by atoms with van der Waals surface area (Å²) in [4.78, 5) is 20.0. The maximum atomic E-state index is 11.0. The summed E-state index contributed by atoms with van der Waals surface area (Å²) in [7, 11) is -2.22. The Morgan fingerprint density at radius 3 is 2.44 bits per heavy atom. The summed E-state index contributed by atoms with van der Waals surface area (Å²) in [5.74, 6) is 3.35. The van der Waals surface area contributed by atoms with E-state index < -0.39 is 7.60 Å². The summed E-state index contributed by atoms with van der Waals surface area (Å²) >= 11 is 0. The molecular weight excluding hydrogens is 363 g/mol. The second kappa shape index (κ2) is 10.3. The second-order valence-electron chi connectivity index (χ2n) is 6.26. The van der Waals surface area contributed by atoms with Gasteiger partial charge in [-0.1, -0.05) is 48.4 Å². The van der Waals surface area contributed by atoms with E-state index in [9.17, 15) is 4.57 Å². The van der Waals surface area contributed by atoms with Crippen LogP contribution >= 0.6 is 7.60 Å². The molecule has 144 valence electrons. The molecule has 0 amide bonds.